The molecule has 154 valence electrons. The number of hydrogen-bond acceptors (Lipinski definition) is 2. The van der Waals surface area contributed by atoms with Crippen LogP contribution in [-0.2, 0) is 29.0 Å². The number of hydrogen-bond donors (Lipinski definition) is 1. The summed E-state index contributed by atoms with van der Waals surface area (Å²) in [5.74, 6) is -0.249. The highest BCUT2D eigenvalue weighted by molar-refractivity contribution is 9.10. The van der Waals surface area contributed by atoms with Gasteiger partial charge in [-0.1, -0.05) is 88.7 Å². The molecule has 1 N–H and O–H groups in total. The van der Waals surface area contributed by atoms with Gasteiger partial charge in [0, 0.05) is 24.5 Å². The molecule has 0 aromatic heterocycles. The molecule has 1 atom stereocenters. The van der Waals surface area contributed by atoms with E-state index in [4.69, 9.17) is 0 Å². The lowest BCUT2D eigenvalue weighted by Crippen LogP contribution is -2.50. The summed E-state index contributed by atoms with van der Waals surface area (Å²) in [4.78, 5) is 27.9. The minimum atomic E-state index is -0.604. The van der Waals surface area contributed by atoms with E-state index in [1.165, 1.54) is 0 Å². The van der Waals surface area contributed by atoms with Crippen molar-refractivity contribution in [2.24, 2.45) is 0 Å². The highest BCUT2D eigenvalue weighted by Crippen LogP contribution is 2.19. The van der Waals surface area contributed by atoms with Crippen LogP contribution in [0.25, 0.3) is 0 Å². The summed E-state index contributed by atoms with van der Waals surface area (Å²) in [7, 11) is 1.61. The molecule has 0 unspecified atom stereocenters. The highest BCUT2D eigenvalue weighted by atomic mass is 79.9. The standard InChI is InChI=1S/C25H25BrN2O2/c1-27-25(30)23(16-19-9-4-2-5-10-19)28(18-21-13-8-14-22(26)15-21)24(29)17-20-11-6-3-7-12-20/h2-15,23H,16-18H2,1H3,(H,27,30)/t23-/m0/s1. The number of carbonyl (C=O) groups is 2. The molecule has 4 nitrogen and oxygen atoms in total. The number of amides is 2. The van der Waals surface area contributed by atoms with Gasteiger partial charge in [-0.05, 0) is 28.8 Å². The minimum absolute atomic E-state index is 0.0780. The van der Waals surface area contributed by atoms with E-state index >= 15 is 0 Å². The third-order valence-corrected chi connectivity index (χ3v) is 5.45. The van der Waals surface area contributed by atoms with Gasteiger partial charge < -0.3 is 10.2 Å². The van der Waals surface area contributed by atoms with Crippen LogP contribution in [0.3, 0.4) is 0 Å². The summed E-state index contributed by atoms with van der Waals surface area (Å²) in [5.41, 5.74) is 2.91. The molecule has 3 rings (SSSR count). The van der Waals surface area contributed by atoms with Gasteiger partial charge in [-0.3, -0.25) is 9.59 Å². The van der Waals surface area contributed by atoms with Gasteiger partial charge in [-0.25, -0.2) is 0 Å². The number of carbonyl (C=O) groups excluding carboxylic acids is 2. The summed E-state index contributed by atoms with van der Waals surface area (Å²) >= 11 is 3.49. The summed E-state index contributed by atoms with van der Waals surface area (Å²) in [6.45, 7) is 0.357. The Morgan fingerprint density at radius 2 is 1.47 bits per heavy atom. The summed E-state index contributed by atoms with van der Waals surface area (Å²) in [5, 5.41) is 2.74. The van der Waals surface area contributed by atoms with Gasteiger partial charge in [0.1, 0.15) is 6.04 Å². The van der Waals surface area contributed by atoms with E-state index in [-0.39, 0.29) is 18.2 Å². The van der Waals surface area contributed by atoms with Gasteiger partial charge in [0.05, 0.1) is 6.42 Å². The zero-order valence-electron chi connectivity index (χ0n) is 16.9. The molecule has 0 aliphatic heterocycles. The second kappa shape index (κ2) is 10.7. The quantitative estimate of drug-likeness (QED) is 0.537. The summed E-state index contributed by atoms with van der Waals surface area (Å²) in [6.07, 6.45) is 0.701. The van der Waals surface area contributed by atoms with E-state index < -0.39 is 6.04 Å². The second-order valence-corrected chi connectivity index (χ2v) is 8.05. The smallest absolute Gasteiger partial charge is 0.242 e. The van der Waals surface area contributed by atoms with Crippen molar-refractivity contribution in [2.75, 3.05) is 7.05 Å². The van der Waals surface area contributed by atoms with E-state index in [2.05, 4.69) is 21.2 Å². The fraction of sp³-hybridized carbons (Fsp3) is 0.200. The van der Waals surface area contributed by atoms with Crippen LogP contribution in [0, 0.1) is 0 Å². The Morgan fingerprint density at radius 1 is 0.867 bits per heavy atom. The Morgan fingerprint density at radius 3 is 2.07 bits per heavy atom. The van der Waals surface area contributed by atoms with E-state index in [1.807, 2.05) is 84.9 Å². The third-order valence-electron chi connectivity index (χ3n) is 4.96. The Labute approximate surface area is 186 Å². The maximum atomic E-state index is 13.4. The predicted octanol–water partition coefficient (Wildman–Crippen LogP) is 4.38. The van der Waals surface area contributed by atoms with Gasteiger partial charge >= 0.3 is 0 Å². The van der Waals surface area contributed by atoms with Gasteiger partial charge in [0.25, 0.3) is 0 Å². The van der Waals surface area contributed by atoms with Crippen LogP contribution in [0.15, 0.2) is 89.4 Å². The van der Waals surface area contributed by atoms with Gasteiger partial charge in [0.2, 0.25) is 11.8 Å². The largest absolute Gasteiger partial charge is 0.357 e. The van der Waals surface area contributed by atoms with Crippen molar-refractivity contribution in [3.05, 3.63) is 106 Å². The first kappa shape index (κ1) is 21.8. The van der Waals surface area contributed by atoms with Crippen molar-refractivity contribution >= 4 is 27.7 Å². The van der Waals surface area contributed by atoms with E-state index in [9.17, 15) is 9.59 Å². The number of rotatable bonds is 8. The van der Waals surface area contributed by atoms with Gasteiger partial charge in [-0.2, -0.15) is 0 Å². The molecule has 0 saturated carbocycles. The van der Waals surface area contributed by atoms with Crippen LogP contribution in [-0.4, -0.2) is 29.8 Å². The predicted molar refractivity (Wildman–Crippen MR) is 123 cm³/mol. The number of benzene rings is 3. The fourth-order valence-electron chi connectivity index (χ4n) is 3.42. The van der Waals surface area contributed by atoms with Crippen molar-refractivity contribution < 1.29 is 9.59 Å². The maximum Gasteiger partial charge on any atom is 0.242 e. The Balaban J connectivity index is 1.93. The molecule has 0 heterocycles. The number of nitrogens with zero attached hydrogens (tertiary/aromatic N) is 1. The first-order valence-electron chi connectivity index (χ1n) is 9.90. The number of nitrogens with one attached hydrogen (secondary N) is 1. The zero-order chi connectivity index (χ0) is 21.3. The lowest BCUT2D eigenvalue weighted by molar-refractivity contribution is -0.140. The molecule has 30 heavy (non-hydrogen) atoms. The normalized spacial score (nSPS) is 11.5. The van der Waals surface area contributed by atoms with Crippen LogP contribution in [0.2, 0.25) is 0 Å². The van der Waals surface area contributed by atoms with Crippen LogP contribution < -0.4 is 5.32 Å². The lowest BCUT2D eigenvalue weighted by atomic mass is 10.0. The molecule has 0 fully saturated rings. The van der Waals surface area contributed by atoms with Crippen molar-refractivity contribution in [1.82, 2.24) is 10.2 Å². The van der Waals surface area contributed by atoms with Gasteiger partial charge in [-0.15, -0.1) is 0 Å². The SMILES string of the molecule is CNC(=O)[C@H](Cc1ccccc1)N(Cc1cccc(Br)c1)C(=O)Cc1ccccc1. The zero-order valence-corrected chi connectivity index (χ0v) is 18.5. The van der Waals surface area contributed by atoms with Crippen LogP contribution in [0.4, 0.5) is 0 Å². The Bertz CT molecular complexity index is 977. The molecule has 2 amide bonds. The van der Waals surface area contributed by atoms with Crippen LogP contribution in [0.1, 0.15) is 16.7 Å². The molecule has 3 aromatic carbocycles. The fourth-order valence-corrected chi connectivity index (χ4v) is 3.87. The average Bonchev–Trinajstić information content (AvgIpc) is 2.77. The Kier molecular flexibility index (Phi) is 7.80. The molecule has 0 bridgehead atoms. The monoisotopic (exact) mass is 464 g/mol. The molecule has 0 aliphatic rings. The Hall–Kier alpha value is -2.92. The minimum Gasteiger partial charge on any atom is -0.357 e. The van der Waals surface area contributed by atoms with E-state index in [1.54, 1.807) is 11.9 Å². The highest BCUT2D eigenvalue weighted by Gasteiger charge is 2.29. The summed E-state index contributed by atoms with van der Waals surface area (Å²) < 4.78 is 0.940. The summed E-state index contributed by atoms with van der Waals surface area (Å²) in [6, 6.07) is 26.6. The van der Waals surface area contributed by atoms with E-state index in [0.29, 0.717) is 13.0 Å². The molecule has 3 aromatic rings. The van der Waals surface area contributed by atoms with Crippen LogP contribution >= 0.6 is 15.9 Å². The molecule has 0 spiro atoms. The second-order valence-electron chi connectivity index (χ2n) is 7.13. The molecule has 0 radical (unpaired) electrons. The van der Waals surface area contributed by atoms with Crippen molar-refractivity contribution in [2.45, 2.75) is 25.4 Å². The van der Waals surface area contributed by atoms with Crippen molar-refractivity contribution in [1.29, 1.82) is 0 Å². The van der Waals surface area contributed by atoms with Gasteiger partial charge in [0.15, 0.2) is 0 Å². The third kappa shape index (κ3) is 6.04. The first-order valence-corrected chi connectivity index (χ1v) is 10.7. The first-order chi connectivity index (χ1) is 14.6. The number of halogens is 1. The number of likely N-dealkylation sites (N-methyl/N-ethyl adjacent to an activating group) is 1. The maximum absolute atomic E-state index is 13.4. The van der Waals surface area contributed by atoms with E-state index in [0.717, 1.165) is 21.2 Å². The van der Waals surface area contributed by atoms with Crippen molar-refractivity contribution in [3.63, 3.8) is 0 Å². The van der Waals surface area contributed by atoms with Crippen molar-refractivity contribution in [3.8, 4) is 0 Å². The average molecular weight is 465 g/mol. The molecule has 0 saturated heterocycles. The molecular weight excluding hydrogens is 440 g/mol. The lowest BCUT2D eigenvalue weighted by Gasteiger charge is -2.31. The topological polar surface area (TPSA) is 49.4 Å². The molecule has 0 aliphatic carbocycles. The van der Waals surface area contributed by atoms with Crippen LogP contribution in [0.5, 0.6) is 0 Å². The molecular formula is C25H25BrN2O2. The molecule has 5 heteroatoms.